The van der Waals surface area contributed by atoms with Gasteiger partial charge in [0.15, 0.2) is 0 Å². The molecular formula is C12H16O2. The number of rotatable bonds is 6. The zero-order valence-electron chi connectivity index (χ0n) is 8.53. The monoisotopic (exact) mass is 192 g/mol. The van der Waals surface area contributed by atoms with Gasteiger partial charge in [-0.1, -0.05) is 25.1 Å². The van der Waals surface area contributed by atoms with Crippen molar-refractivity contribution in [2.45, 2.75) is 26.2 Å². The van der Waals surface area contributed by atoms with Gasteiger partial charge in [0, 0.05) is 6.42 Å². The lowest BCUT2D eigenvalue weighted by molar-refractivity contribution is -0.107. The molecular weight excluding hydrogens is 176 g/mol. The van der Waals surface area contributed by atoms with Crippen LogP contribution in [0, 0.1) is 0 Å². The Kier molecular flexibility index (Phi) is 4.76. The van der Waals surface area contributed by atoms with Crippen molar-refractivity contribution in [1.82, 2.24) is 0 Å². The molecule has 14 heavy (non-hydrogen) atoms. The summed E-state index contributed by atoms with van der Waals surface area (Å²) in [6.45, 7) is 2.81. The molecule has 76 valence electrons. The van der Waals surface area contributed by atoms with E-state index in [4.69, 9.17) is 4.74 Å². The molecule has 0 saturated heterocycles. The van der Waals surface area contributed by atoms with Gasteiger partial charge in [-0.25, -0.2) is 0 Å². The Bertz CT molecular complexity index is 281. The number of carbonyl (C=O) groups excluding carboxylic acids is 1. The largest absolute Gasteiger partial charge is 0.493 e. The second kappa shape index (κ2) is 6.19. The van der Waals surface area contributed by atoms with Crippen LogP contribution in [0.1, 0.15) is 25.3 Å². The van der Waals surface area contributed by atoms with Gasteiger partial charge in [-0.15, -0.1) is 0 Å². The first-order chi connectivity index (χ1) is 6.88. The molecule has 2 heteroatoms. The van der Waals surface area contributed by atoms with Gasteiger partial charge in [-0.3, -0.25) is 0 Å². The fraction of sp³-hybridized carbons (Fsp3) is 0.417. The fourth-order valence-electron chi connectivity index (χ4n) is 1.28. The highest BCUT2D eigenvalue weighted by Gasteiger charge is 2.01. The summed E-state index contributed by atoms with van der Waals surface area (Å²) in [5.41, 5.74) is 1.12. The van der Waals surface area contributed by atoms with Crippen LogP contribution in [0.25, 0.3) is 0 Å². The van der Waals surface area contributed by atoms with Gasteiger partial charge in [0.2, 0.25) is 0 Å². The van der Waals surface area contributed by atoms with E-state index in [1.165, 1.54) is 0 Å². The van der Waals surface area contributed by atoms with E-state index in [1.807, 2.05) is 24.3 Å². The van der Waals surface area contributed by atoms with E-state index in [-0.39, 0.29) is 0 Å². The minimum Gasteiger partial charge on any atom is -0.493 e. The molecule has 1 rings (SSSR count). The van der Waals surface area contributed by atoms with Crippen LogP contribution in [0.4, 0.5) is 0 Å². The number of para-hydroxylation sites is 1. The first-order valence-electron chi connectivity index (χ1n) is 5.02. The van der Waals surface area contributed by atoms with Crippen molar-refractivity contribution >= 4 is 6.29 Å². The zero-order chi connectivity index (χ0) is 10.2. The maximum atomic E-state index is 10.3. The third-order valence-corrected chi connectivity index (χ3v) is 1.97. The van der Waals surface area contributed by atoms with Crippen LogP contribution in [-0.2, 0) is 11.2 Å². The number of benzene rings is 1. The lowest BCUT2D eigenvalue weighted by Gasteiger charge is -2.09. The highest BCUT2D eigenvalue weighted by atomic mass is 16.5. The molecule has 0 bridgehead atoms. The predicted octanol–water partition coefficient (Wildman–Crippen LogP) is 2.61. The van der Waals surface area contributed by atoms with Gasteiger partial charge in [0.05, 0.1) is 6.61 Å². The Morgan fingerprint density at radius 2 is 2.14 bits per heavy atom. The van der Waals surface area contributed by atoms with Crippen molar-refractivity contribution in [3.05, 3.63) is 29.8 Å². The number of carbonyl (C=O) groups is 1. The van der Waals surface area contributed by atoms with Crippen LogP contribution in [0.2, 0.25) is 0 Å². The Morgan fingerprint density at radius 3 is 2.86 bits per heavy atom. The highest BCUT2D eigenvalue weighted by molar-refractivity contribution is 5.50. The number of hydrogen-bond acceptors (Lipinski definition) is 2. The molecule has 2 nitrogen and oxygen atoms in total. The molecule has 0 amide bonds. The minimum absolute atomic E-state index is 0.562. The van der Waals surface area contributed by atoms with Crippen LogP contribution in [0.15, 0.2) is 24.3 Å². The highest BCUT2D eigenvalue weighted by Crippen LogP contribution is 2.19. The Labute approximate surface area is 84.9 Å². The molecule has 1 aromatic rings. The summed E-state index contributed by atoms with van der Waals surface area (Å²) in [5.74, 6) is 0.913. The summed E-state index contributed by atoms with van der Waals surface area (Å²) < 4.78 is 5.57. The second-order valence-corrected chi connectivity index (χ2v) is 3.16. The minimum atomic E-state index is 0.562. The van der Waals surface area contributed by atoms with Crippen molar-refractivity contribution in [2.24, 2.45) is 0 Å². The molecule has 0 aliphatic rings. The molecule has 0 aliphatic heterocycles. The molecule has 0 spiro atoms. The topological polar surface area (TPSA) is 26.3 Å². The van der Waals surface area contributed by atoms with Crippen molar-refractivity contribution < 1.29 is 9.53 Å². The van der Waals surface area contributed by atoms with Gasteiger partial charge in [0.1, 0.15) is 12.0 Å². The summed E-state index contributed by atoms with van der Waals surface area (Å²) >= 11 is 0. The molecule has 0 atom stereocenters. The molecule has 0 N–H and O–H groups in total. The van der Waals surface area contributed by atoms with Gasteiger partial charge < -0.3 is 9.53 Å². The van der Waals surface area contributed by atoms with Crippen LogP contribution >= 0.6 is 0 Å². The SMILES string of the molecule is CCCOc1ccccc1CCC=O. The third kappa shape index (κ3) is 3.21. The van der Waals surface area contributed by atoms with Crippen molar-refractivity contribution in [3.63, 3.8) is 0 Å². The lowest BCUT2D eigenvalue weighted by Crippen LogP contribution is -1.99. The average molecular weight is 192 g/mol. The fourth-order valence-corrected chi connectivity index (χ4v) is 1.28. The van der Waals surface area contributed by atoms with E-state index in [1.54, 1.807) is 0 Å². The Hall–Kier alpha value is -1.31. The van der Waals surface area contributed by atoms with Gasteiger partial charge in [-0.2, -0.15) is 0 Å². The average Bonchev–Trinajstić information content (AvgIpc) is 2.24. The van der Waals surface area contributed by atoms with Crippen molar-refractivity contribution in [2.75, 3.05) is 6.61 Å². The zero-order valence-corrected chi connectivity index (χ0v) is 8.53. The maximum Gasteiger partial charge on any atom is 0.122 e. The van der Waals surface area contributed by atoms with Crippen molar-refractivity contribution in [3.8, 4) is 5.75 Å². The quantitative estimate of drug-likeness (QED) is 0.647. The molecule has 0 aromatic heterocycles. The maximum absolute atomic E-state index is 10.3. The van der Waals surface area contributed by atoms with Crippen LogP contribution in [-0.4, -0.2) is 12.9 Å². The molecule has 0 fully saturated rings. The standard InChI is InChI=1S/C12H16O2/c1-2-10-14-12-8-4-3-6-11(12)7-5-9-13/h3-4,6,8-9H,2,5,7,10H2,1H3. The molecule has 0 heterocycles. The van der Waals surface area contributed by atoms with E-state index >= 15 is 0 Å². The number of ether oxygens (including phenoxy) is 1. The smallest absolute Gasteiger partial charge is 0.122 e. The first-order valence-corrected chi connectivity index (χ1v) is 5.02. The summed E-state index contributed by atoms with van der Waals surface area (Å²) in [5, 5.41) is 0. The first kappa shape index (κ1) is 10.8. The van der Waals surface area contributed by atoms with E-state index in [2.05, 4.69) is 6.92 Å². The number of aldehydes is 1. The van der Waals surface area contributed by atoms with E-state index < -0.39 is 0 Å². The molecule has 0 aliphatic carbocycles. The van der Waals surface area contributed by atoms with Gasteiger partial charge in [-0.05, 0) is 24.5 Å². The summed E-state index contributed by atoms with van der Waals surface area (Å²) in [6.07, 6.45) is 3.27. The van der Waals surface area contributed by atoms with Crippen LogP contribution in [0.3, 0.4) is 0 Å². The van der Waals surface area contributed by atoms with Gasteiger partial charge >= 0.3 is 0 Å². The molecule has 0 unspecified atom stereocenters. The summed E-state index contributed by atoms with van der Waals surface area (Å²) in [6, 6.07) is 7.89. The predicted molar refractivity (Wildman–Crippen MR) is 56.6 cm³/mol. The molecule has 0 radical (unpaired) electrons. The molecule has 0 saturated carbocycles. The Morgan fingerprint density at radius 1 is 1.36 bits per heavy atom. The summed E-state index contributed by atoms with van der Waals surface area (Å²) in [4.78, 5) is 10.3. The number of aryl methyl sites for hydroxylation is 1. The van der Waals surface area contributed by atoms with Crippen LogP contribution < -0.4 is 4.74 Å². The third-order valence-electron chi connectivity index (χ3n) is 1.97. The summed E-state index contributed by atoms with van der Waals surface area (Å²) in [7, 11) is 0. The van der Waals surface area contributed by atoms with Crippen molar-refractivity contribution in [1.29, 1.82) is 0 Å². The number of hydrogen-bond donors (Lipinski definition) is 0. The van der Waals surface area contributed by atoms with E-state index in [0.29, 0.717) is 6.42 Å². The van der Waals surface area contributed by atoms with E-state index in [9.17, 15) is 4.79 Å². The van der Waals surface area contributed by atoms with Crippen LogP contribution in [0.5, 0.6) is 5.75 Å². The normalized spacial score (nSPS) is 9.79. The Balaban J connectivity index is 2.64. The van der Waals surface area contributed by atoms with E-state index in [0.717, 1.165) is 37.0 Å². The molecule has 1 aromatic carbocycles. The lowest BCUT2D eigenvalue weighted by atomic mass is 10.1. The van der Waals surface area contributed by atoms with Gasteiger partial charge in [0.25, 0.3) is 0 Å². The second-order valence-electron chi connectivity index (χ2n) is 3.16.